The average molecular weight is 384 g/mol. The fraction of sp³-hybridized carbons (Fsp3) is 0.400. The number of pyridine rings is 2. The number of aromatic nitrogens is 3. The maximum absolute atomic E-state index is 13.1. The Morgan fingerprint density at radius 2 is 2.18 bits per heavy atom. The number of methoxy groups -OCH3 is 1. The van der Waals surface area contributed by atoms with Crippen LogP contribution in [0, 0.1) is 6.92 Å². The SMILES string of the molecule is COCCCNC(=O)c1cc2c(=O)n3cccc(C)c3nc2[n+](C(C)C)c1N. The molecular formula is C20H26N5O3+. The molecule has 1 amide bonds. The van der Waals surface area contributed by atoms with Crippen LogP contribution >= 0.6 is 0 Å². The van der Waals surface area contributed by atoms with Gasteiger partial charge in [-0.15, -0.1) is 0 Å². The summed E-state index contributed by atoms with van der Waals surface area (Å²) in [6.07, 6.45) is 2.37. The first kappa shape index (κ1) is 19.8. The summed E-state index contributed by atoms with van der Waals surface area (Å²) < 4.78 is 8.24. The van der Waals surface area contributed by atoms with Crippen LogP contribution in [0.1, 0.15) is 42.2 Å². The third kappa shape index (κ3) is 3.43. The molecule has 0 bridgehead atoms. The number of carbonyl (C=O) groups excluding carboxylic acids is 1. The molecule has 8 heteroatoms. The molecule has 0 atom stereocenters. The van der Waals surface area contributed by atoms with Gasteiger partial charge in [0.25, 0.3) is 17.1 Å². The van der Waals surface area contributed by atoms with Crippen LogP contribution in [0.5, 0.6) is 0 Å². The highest BCUT2D eigenvalue weighted by Crippen LogP contribution is 2.17. The van der Waals surface area contributed by atoms with Gasteiger partial charge in [0.1, 0.15) is 10.9 Å². The second-order valence-electron chi connectivity index (χ2n) is 7.05. The maximum atomic E-state index is 13.1. The number of hydrogen-bond acceptors (Lipinski definition) is 5. The number of nitrogens with two attached hydrogens (primary N) is 1. The number of amides is 1. The van der Waals surface area contributed by atoms with E-state index >= 15 is 0 Å². The van der Waals surface area contributed by atoms with Crippen LogP contribution < -0.4 is 21.2 Å². The molecule has 0 saturated carbocycles. The van der Waals surface area contributed by atoms with E-state index in [-0.39, 0.29) is 28.9 Å². The highest BCUT2D eigenvalue weighted by atomic mass is 16.5. The number of anilines is 1. The van der Waals surface area contributed by atoms with E-state index in [1.807, 2.05) is 26.8 Å². The summed E-state index contributed by atoms with van der Waals surface area (Å²) in [6.45, 7) is 6.80. The molecule has 0 fully saturated rings. The Bertz CT molecular complexity index is 1100. The lowest BCUT2D eigenvalue weighted by molar-refractivity contribution is -0.679. The molecule has 3 rings (SSSR count). The third-order valence-electron chi connectivity index (χ3n) is 4.69. The number of ether oxygens (including phenoxy) is 1. The average Bonchev–Trinajstić information content (AvgIpc) is 2.65. The van der Waals surface area contributed by atoms with Gasteiger partial charge in [-0.2, -0.15) is 0 Å². The topological polar surface area (TPSA) is 103 Å². The van der Waals surface area contributed by atoms with Crippen molar-refractivity contribution in [3.05, 3.63) is 45.9 Å². The first-order chi connectivity index (χ1) is 13.4. The molecular weight excluding hydrogens is 358 g/mol. The monoisotopic (exact) mass is 384 g/mol. The zero-order chi connectivity index (χ0) is 20.4. The van der Waals surface area contributed by atoms with Crippen molar-refractivity contribution in [1.29, 1.82) is 0 Å². The number of nitrogens with zero attached hydrogens (tertiary/aromatic N) is 3. The number of fused-ring (bicyclic) bond motifs is 2. The molecule has 3 aromatic heterocycles. The third-order valence-corrected chi connectivity index (χ3v) is 4.69. The largest absolute Gasteiger partial charge is 0.385 e. The zero-order valence-corrected chi connectivity index (χ0v) is 16.7. The Hall–Kier alpha value is -3.00. The van der Waals surface area contributed by atoms with Crippen LogP contribution in [-0.2, 0) is 4.74 Å². The highest BCUT2D eigenvalue weighted by molar-refractivity contribution is 6.00. The molecule has 0 aliphatic heterocycles. The summed E-state index contributed by atoms with van der Waals surface area (Å²) in [5.41, 5.74) is 8.31. The minimum absolute atomic E-state index is 0.0814. The van der Waals surface area contributed by atoms with Crippen molar-refractivity contribution in [2.45, 2.75) is 33.2 Å². The van der Waals surface area contributed by atoms with Crippen molar-refractivity contribution in [3.8, 4) is 0 Å². The Kier molecular flexibility index (Phi) is 5.60. The molecule has 0 aliphatic rings. The molecule has 3 N–H and O–H groups in total. The molecule has 0 unspecified atom stereocenters. The second kappa shape index (κ2) is 7.93. The van der Waals surface area contributed by atoms with E-state index in [2.05, 4.69) is 5.32 Å². The number of nitrogen functional groups attached to an aromatic ring is 1. The molecule has 28 heavy (non-hydrogen) atoms. The van der Waals surface area contributed by atoms with Gasteiger partial charge in [-0.3, -0.25) is 14.0 Å². The van der Waals surface area contributed by atoms with E-state index in [0.717, 1.165) is 5.56 Å². The number of carbonyl (C=O) groups is 1. The molecule has 0 aromatic carbocycles. The van der Waals surface area contributed by atoms with E-state index < -0.39 is 0 Å². The number of aryl methyl sites for hydroxylation is 1. The fourth-order valence-electron chi connectivity index (χ4n) is 3.29. The van der Waals surface area contributed by atoms with Crippen molar-refractivity contribution in [1.82, 2.24) is 14.7 Å². The predicted octanol–water partition coefficient (Wildman–Crippen LogP) is 1.37. The van der Waals surface area contributed by atoms with Gasteiger partial charge >= 0.3 is 0 Å². The van der Waals surface area contributed by atoms with E-state index in [0.29, 0.717) is 36.3 Å². The predicted molar refractivity (Wildman–Crippen MR) is 108 cm³/mol. The number of nitrogens with one attached hydrogen (secondary N) is 1. The first-order valence-electron chi connectivity index (χ1n) is 9.29. The minimum Gasteiger partial charge on any atom is -0.385 e. The molecule has 8 nitrogen and oxygen atoms in total. The van der Waals surface area contributed by atoms with Gasteiger partial charge in [-0.05, 0) is 39.3 Å². The Balaban J connectivity index is 2.23. The van der Waals surface area contributed by atoms with Gasteiger partial charge in [-0.1, -0.05) is 11.1 Å². The van der Waals surface area contributed by atoms with Crippen LogP contribution in [0.4, 0.5) is 5.82 Å². The minimum atomic E-state index is -0.321. The quantitative estimate of drug-likeness (QED) is 0.380. The summed E-state index contributed by atoms with van der Waals surface area (Å²) >= 11 is 0. The van der Waals surface area contributed by atoms with Gasteiger partial charge in [0.05, 0.1) is 6.04 Å². The summed E-state index contributed by atoms with van der Waals surface area (Å²) in [4.78, 5) is 30.5. The lowest BCUT2D eigenvalue weighted by Gasteiger charge is -2.15. The van der Waals surface area contributed by atoms with Crippen molar-refractivity contribution in [3.63, 3.8) is 0 Å². The smallest absolute Gasteiger partial charge is 0.278 e. The van der Waals surface area contributed by atoms with Gasteiger partial charge in [0.15, 0.2) is 0 Å². The van der Waals surface area contributed by atoms with Crippen molar-refractivity contribution in [2.24, 2.45) is 0 Å². The fourth-order valence-corrected chi connectivity index (χ4v) is 3.29. The van der Waals surface area contributed by atoms with Crippen LogP contribution in [0.15, 0.2) is 29.2 Å². The first-order valence-corrected chi connectivity index (χ1v) is 9.29. The summed E-state index contributed by atoms with van der Waals surface area (Å²) in [5.74, 6) is -0.0322. The molecule has 0 saturated heterocycles. The number of rotatable bonds is 6. The van der Waals surface area contributed by atoms with Gasteiger partial charge < -0.3 is 15.8 Å². The molecule has 0 radical (unpaired) electrons. The molecule has 3 heterocycles. The molecule has 3 aromatic rings. The maximum Gasteiger partial charge on any atom is 0.278 e. The van der Waals surface area contributed by atoms with Gasteiger partial charge in [0, 0.05) is 32.0 Å². The lowest BCUT2D eigenvalue weighted by Crippen LogP contribution is -2.44. The summed E-state index contributed by atoms with van der Waals surface area (Å²) in [5, 5.41) is 3.18. The van der Waals surface area contributed by atoms with E-state index in [9.17, 15) is 9.59 Å². The highest BCUT2D eigenvalue weighted by Gasteiger charge is 2.25. The van der Waals surface area contributed by atoms with Crippen LogP contribution in [-0.4, -0.2) is 35.6 Å². The van der Waals surface area contributed by atoms with E-state index in [1.54, 1.807) is 30.0 Å². The Morgan fingerprint density at radius 1 is 1.43 bits per heavy atom. The van der Waals surface area contributed by atoms with Gasteiger partial charge in [-0.25, -0.2) is 4.57 Å². The standard InChI is InChI=1S/C20H25N5O3/c1-12(2)25-16(21)14(19(26)22-8-6-10-28-4)11-15-18(25)23-17-13(3)7-5-9-24(17)20(15)27/h5,7,9,11-12,21H,6,8,10H2,1-4H3,(H,22,26)/p+1. The van der Waals surface area contributed by atoms with Gasteiger partial charge in [0.2, 0.25) is 11.5 Å². The van der Waals surface area contributed by atoms with Crippen LogP contribution in [0.25, 0.3) is 16.7 Å². The van der Waals surface area contributed by atoms with Crippen molar-refractivity contribution < 1.29 is 14.1 Å². The Morgan fingerprint density at radius 3 is 2.86 bits per heavy atom. The van der Waals surface area contributed by atoms with Crippen LogP contribution in [0.3, 0.4) is 0 Å². The summed E-state index contributed by atoms with van der Waals surface area (Å²) in [6, 6.07) is 5.16. The second-order valence-corrected chi connectivity index (χ2v) is 7.05. The summed E-state index contributed by atoms with van der Waals surface area (Å²) in [7, 11) is 1.61. The van der Waals surface area contributed by atoms with Crippen molar-refractivity contribution in [2.75, 3.05) is 26.0 Å². The zero-order valence-electron chi connectivity index (χ0n) is 16.7. The molecule has 148 valence electrons. The van der Waals surface area contributed by atoms with Crippen molar-refractivity contribution >= 4 is 28.4 Å². The normalized spacial score (nSPS) is 11.5. The van der Waals surface area contributed by atoms with E-state index in [4.69, 9.17) is 15.5 Å². The number of hydrogen-bond donors (Lipinski definition) is 2. The Labute approximate surface area is 163 Å². The molecule has 0 aliphatic carbocycles. The van der Waals surface area contributed by atoms with E-state index in [1.165, 1.54) is 4.40 Å². The molecule has 0 spiro atoms. The van der Waals surface area contributed by atoms with Crippen LogP contribution in [0.2, 0.25) is 0 Å². The lowest BCUT2D eigenvalue weighted by atomic mass is 10.1.